The molecule has 0 aliphatic carbocycles. The maximum atomic E-state index is 13.0. The summed E-state index contributed by atoms with van der Waals surface area (Å²) in [6.45, 7) is 6.79. The number of imide groups is 2. The van der Waals surface area contributed by atoms with Crippen molar-refractivity contribution in [3.63, 3.8) is 0 Å². The van der Waals surface area contributed by atoms with E-state index in [0.29, 0.717) is 43.0 Å². The van der Waals surface area contributed by atoms with Crippen LogP contribution in [0.2, 0.25) is 0 Å². The number of rotatable bonds is 9. The first kappa shape index (κ1) is 45.2. The SMILES string of the molecule is Cl.O=C1CCC(N2Cc3cc(O[C@H]4CCN(Cc5ccc6nc(C7CCOCC7)ccc6c5)C4)ccc3C2=O)C(=O)N1.O=C1CCC(N2Cc3cc(O[C@H]4CCNC4)ccc3C2=O)C(=O)N1. The molecule has 16 nitrogen and oxygen atoms in total. The number of amides is 6. The minimum absolute atomic E-state index is 0. The predicted octanol–water partition coefficient (Wildman–Crippen LogP) is 4.15. The quantitative estimate of drug-likeness (QED) is 0.204. The molecule has 3 aromatic carbocycles. The fourth-order valence-corrected chi connectivity index (χ4v) is 10.2. The highest BCUT2D eigenvalue weighted by molar-refractivity contribution is 6.06. The highest BCUT2D eigenvalue weighted by Crippen LogP contribution is 2.33. The van der Waals surface area contributed by atoms with Gasteiger partial charge in [0.05, 0.1) is 5.52 Å². The predicted molar refractivity (Wildman–Crippen MR) is 243 cm³/mol. The largest absolute Gasteiger partial charge is 0.489 e. The molecule has 2 unspecified atom stereocenters. The minimum atomic E-state index is -0.611. The number of pyridine rings is 1. The Balaban J connectivity index is 0.000000187. The summed E-state index contributed by atoms with van der Waals surface area (Å²) in [5.41, 5.74) is 6.42. The van der Waals surface area contributed by atoms with E-state index in [9.17, 15) is 28.8 Å². The lowest BCUT2D eigenvalue weighted by molar-refractivity contribution is -0.138. The number of likely N-dealkylation sites (tertiary alicyclic amines) is 1. The van der Waals surface area contributed by atoms with E-state index >= 15 is 0 Å². The van der Waals surface area contributed by atoms with E-state index in [0.717, 1.165) is 99.8 Å². The molecule has 17 heteroatoms. The Labute approximate surface area is 388 Å². The van der Waals surface area contributed by atoms with Gasteiger partial charge in [0.15, 0.2) is 0 Å². The number of piperidine rings is 2. The first-order valence-corrected chi connectivity index (χ1v) is 22.9. The van der Waals surface area contributed by atoms with Crippen molar-refractivity contribution in [2.75, 3.05) is 39.4 Å². The van der Waals surface area contributed by atoms with Gasteiger partial charge in [-0.2, -0.15) is 0 Å². The molecule has 4 atom stereocenters. The average Bonchev–Trinajstić information content (AvgIpc) is 4.12. The van der Waals surface area contributed by atoms with Gasteiger partial charge in [0.25, 0.3) is 11.8 Å². The Morgan fingerprint density at radius 1 is 0.667 bits per heavy atom. The third kappa shape index (κ3) is 9.64. The highest BCUT2D eigenvalue weighted by Gasteiger charge is 2.41. The van der Waals surface area contributed by atoms with Gasteiger partial charge in [-0.1, -0.05) is 12.1 Å². The Morgan fingerprint density at radius 3 is 1.88 bits per heavy atom. The fraction of sp³-hybridized carbons (Fsp3) is 0.449. The summed E-state index contributed by atoms with van der Waals surface area (Å²) in [6, 6.07) is 20.8. The topological polar surface area (TPSA) is 189 Å². The Morgan fingerprint density at radius 2 is 1.29 bits per heavy atom. The number of benzene rings is 3. The first-order chi connectivity index (χ1) is 31.6. The van der Waals surface area contributed by atoms with Crippen LogP contribution >= 0.6 is 12.4 Å². The van der Waals surface area contributed by atoms with Crippen molar-refractivity contribution < 1.29 is 43.0 Å². The van der Waals surface area contributed by atoms with Gasteiger partial charge >= 0.3 is 0 Å². The lowest BCUT2D eigenvalue weighted by Gasteiger charge is -2.29. The number of hydrogen-bond acceptors (Lipinski definition) is 12. The maximum Gasteiger partial charge on any atom is 0.255 e. The van der Waals surface area contributed by atoms with Crippen LogP contribution in [-0.2, 0) is 43.5 Å². The van der Waals surface area contributed by atoms with Crippen LogP contribution in [0.4, 0.5) is 0 Å². The van der Waals surface area contributed by atoms with Crippen LogP contribution < -0.4 is 25.4 Å². The van der Waals surface area contributed by atoms with E-state index in [2.05, 4.69) is 51.2 Å². The van der Waals surface area contributed by atoms with Crippen molar-refractivity contribution in [1.29, 1.82) is 0 Å². The molecule has 7 aliphatic heterocycles. The van der Waals surface area contributed by atoms with Gasteiger partial charge in [-0.05, 0) is 116 Å². The molecular weight excluding hydrogens is 866 g/mol. The molecule has 0 bridgehead atoms. The van der Waals surface area contributed by atoms with Gasteiger partial charge in [-0.3, -0.25) is 49.3 Å². The van der Waals surface area contributed by atoms with E-state index in [4.69, 9.17) is 19.2 Å². The van der Waals surface area contributed by atoms with Crippen molar-refractivity contribution >= 4 is 58.8 Å². The third-order valence-electron chi connectivity index (χ3n) is 13.7. The molecule has 1 aromatic heterocycles. The summed E-state index contributed by atoms with van der Waals surface area (Å²) in [7, 11) is 0. The Hall–Kier alpha value is -5.94. The second-order valence-corrected chi connectivity index (χ2v) is 18.1. The van der Waals surface area contributed by atoms with Crippen LogP contribution in [0.25, 0.3) is 10.9 Å². The second kappa shape index (κ2) is 19.5. The van der Waals surface area contributed by atoms with Crippen LogP contribution in [0.5, 0.6) is 11.5 Å². The number of fused-ring (bicyclic) bond motifs is 3. The molecule has 0 spiro atoms. The Kier molecular flexibility index (Phi) is 13.4. The number of nitrogens with one attached hydrogen (secondary N) is 3. The summed E-state index contributed by atoms with van der Waals surface area (Å²) in [5, 5.41) is 9.08. The number of hydrogen-bond donors (Lipinski definition) is 3. The molecule has 4 aromatic rings. The van der Waals surface area contributed by atoms with Gasteiger partial charge < -0.3 is 29.3 Å². The molecule has 346 valence electrons. The van der Waals surface area contributed by atoms with Crippen LogP contribution in [0.15, 0.2) is 66.7 Å². The van der Waals surface area contributed by atoms with E-state index in [1.165, 1.54) is 16.6 Å². The van der Waals surface area contributed by atoms with E-state index in [1.54, 1.807) is 21.9 Å². The highest BCUT2D eigenvalue weighted by atomic mass is 35.5. The molecule has 11 rings (SSSR count). The van der Waals surface area contributed by atoms with Gasteiger partial charge in [0, 0.05) is 93.4 Å². The number of ether oxygens (including phenoxy) is 3. The molecule has 3 N–H and O–H groups in total. The van der Waals surface area contributed by atoms with E-state index in [-0.39, 0.29) is 67.0 Å². The van der Waals surface area contributed by atoms with Crippen LogP contribution in [0, 0.1) is 0 Å². The van der Waals surface area contributed by atoms with Crippen LogP contribution in [0.1, 0.15) is 100 Å². The summed E-state index contributed by atoms with van der Waals surface area (Å²) < 4.78 is 17.8. The van der Waals surface area contributed by atoms with E-state index in [1.807, 2.05) is 24.3 Å². The van der Waals surface area contributed by atoms with Crippen molar-refractivity contribution in [2.24, 2.45) is 0 Å². The number of carbonyl (C=O) groups is 6. The molecular formula is C49H54ClN7O9. The van der Waals surface area contributed by atoms with Gasteiger partial charge in [0.1, 0.15) is 35.8 Å². The minimum Gasteiger partial charge on any atom is -0.489 e. The summed E-state index contributed by atoms with van der Waals surface area (Å²) >= 11 is 0. The van der Waals surface area contributed by atoms with E-state index < -0.39 is 18.0 Å². The number of carbonyl (C=O) groups excluding carboxylic acids is 6. The average molecular weight is 920 g/mol. The zero-order valence-electron chi connectivity index (χ0n) is 36.6. The number of halogens is 1. The van der Waals surface area contributed by atoms with Crippen molar-refractivity contribution in [2.45, 2.75) is 101 Å². The molecule has 0 saturated carbocycles. The lowest BCUT2D eigenvalue weighted by Crippen LogP contribution is -2.52. The normalized spacial score (nSPS) is 24.4. The molecule has 66 heavy (non-hydrogen) atoms. The fourth-order valence-electron chi connectivity index (χ4n) is 10.2. The number of aromatic nitrogens is 1. The van der Waals surface area contributed by atoms with Gasteiger partial charge in [-0.15, -0.1) is 12.4 Å². The molecule has 0 radical (unpaired) electrons. The standard InChI is InChI=1S/C32H34N4O5.C17H19N3O4.ClH/c37-30-8-7-29(31(38)34-30)36-18-23-16-24(3-4-26(23)32(36)39)41-25-9-12-35(19-25)17-20-1-5-28-22(15-20)2-6-27(33-28)21-10-13-40-14-11-21;21-15-4-3-14(16(22)19-15)20-9-10-7-11(1-2-13(10)17(20)23)24-12-5-6-18-8-12;/h1-6,15-16,21,25,29H,7-14,17-19H2,(H,34,37,38);1-2,7,12,14,18H,3-6,8-9H2,(H,19,21,22);1H/t25-,29?;12-,14?;/m00./s1. The molecule has 5 saturated heterocycles. The summed E-state index contributed by atoms with van der Waals surface area (Å²) in [4.78, 5) is 83.2. The molecule has 6 amide bonds. The van der Waals surface area contributed by atoms with Crippen molar-refractivity contribution in [3.8, 4) is 11.5 Å². The smallest absolute Gasteiger partial charge is 0.255 e. The monoisotopic (exact) mass is 919 g/mol. The molecule has 8 heterocycles. The zero-order valence-corrected chi connectivity index (χ0v) is 37.4. The van der Waals surface area contributed by atoms with Gasteiger partial charge in [0.2, 0.25) is 23.6 Å². The Bertz CT molecular complexity index is 2560. The zero-order chi connectivity index (χ0) is 44.6. The maximum absolute atomic E-state index is 13.0. The van der Waals surface area contributed by atoms with Crippen molar-refractivity contribution in [3.05, 3.63) is 100 Å². The lowest BCUT2D eigenvalue weighted by atomic mass is 9.95. The van der Waals surface area contributed by atoms with Crippen molar-refractivity contribution in [1.82, 2.24) is 35.6 Å². The molecule has 5 fully saturated rings. The van der Waals surface area contributed by atoms with Gasteiger partial charge in [-0.25, -0.2) is 0 Å². The molecule has 7 aliphatic rings. The first-order valence-electron chi connectivity index (χ1n) is 22.9. The summed E-state index contributed by atoms with van der Waals surface area (Å²) in [5.74, 6) is 0.311. The van der Waals surface area contributed by atoms with Crippen LogP contribution in [0.3, 0.4) is 0 Å². The van der Waals surface area contributed by atoms with Crippen LogP contribution in [-0.4, -0.2) is 119 Å². The summed E-state index contributed by atoms with van der Waals surface area (Å²) in [6.07, 6.45) is 5.46. The second-order valence-electron chi connectivity index (χ2n) is 18.1. The third-order valence-corrected chi connectivity index (χ3v) is 13.7. The number of nitrogens with zero attached hydrogens (tertiary/aromatic N) is 4.